The zero-order valence-corrected chi connectivity index (χ0v) is 12.3. The van der Waals surface area contributed by atoms with E-state index >= 15 is 0 Å². The summed E-state index contributed by atoms with van der Waals surface area (Å²) in [6.45, 7) is 1.88. The van der Waals surface area contributed by atoms with E-state index in [0.717, 1.165) is 11.0 Å². The van der Waals surface area contributed by atoms with Crippen LogP contribution in [-0.4, -0.2) is 32.3 Å². The third-order valence-corrected chi connectivity index (χ3v) is 4.02. The molecule has 0 fully saturated rings. The van der Waals surface area contributed by atoms with E-state index in [-0.39, 0.29) is 5.91 Å². The number of para-hydroxylation sites is 1. The van der Waals surface area contributed by atoms with Crippen LogP contribution < -0.4 is 10.2 Å². The van der Waals surface area contributed by atoms with Crippen LogP contribution in [0.1, 0.15) is 16.2 Å². The fraction of sp³-hybridized carbons (Fsp3) is 0.231. The Hall–Kier alpha value is -2.35. The predicted molar refractivity (Wildman–Crippen MR) is 78.4 cm³/mol. The molecular formula is C13H13N5O2S. The summed E-state index contributed by atoms with van der Waals surface area (Å²) in [4.78, 5) is 11.9. The summed E-state index contributed by atoms with van der Waals surface area (Å²) in [5.74, 6) is 1.92. The van der Waals surface area contributed by atoms with Gasteiger partial charge in [-0.15, -0.1) is 15.3 Å². The van der Waals surface area contributed by atoms with Crippen LogP contribution in [0.15, 0.2) is 34.5 Å². The normalized spacial score (nSPS) is 13.8. The smallest absolute Gasteiger partial charge is 0.275 e. The number of fused-ring (bicyclic) bond motifs is 1. The Kier molecular flexibility index (Phi) is 3.61. The Labute approximate surface area is 125 Å². The highest BCUT2D eigenvalue weighted by atomic mass is 32.2. The molecule has 0 aliphatic carbocycles. The fourth-order valence-corrected chi connectivity index (χ4v) is 2.57. The van der Waals surface area contributed by atoms with Gasteiger partial charge in [0.15, 0.2) is 5.16 Å². The SMILES string of the molecule is Cc1nnc(SCC2=NNC(=O)c3ccccc3O2)n1C. The van der Waals surface area contributed by atoms with Gasteiger partial charge in [0, 0.05) is 7.05 Å². The molecule has 0 saturated heterocycles. The highest BCUT2D eigenvalue weighted by molar-refractivity contribution is 7.99. The number of aryl methyl sites for hydroxylation is 1. The van der Waals surface area contributed by atoms with Crippen LogP contribution >= 0.6 is 11.8 Å². The Morgan fingerprint density at radius 1 is 1.33 bits per heavy atom. The lowest BCUT2D eigenvalue weighted by molar-refractivity contribution is 0.0955. The molecule has 1 aliphatic heterocycles. The predicted octanol–water partition coefficient (Wildman–Crippen LogP) is 1.35. The Bertz CT molecular complexity index is 725. The van der Waals surface area contributed by atoms with Gasteiger partial charge in [0.1, 0.15) is 11.6 Å². The van der Waals surface area contributed by atoms with E-state index in [1.807, 2.05) is 24.6 Å². The van der Waals surface area contributed by atoms with Crippen molar-refractivity contribution in [3.63, 3.8) is 0 Å². The van der Waals surface area contributed by atoms with Gasteiger partial charge in [-0.2, -0.15) is 0 Å². The zero-order chi connectivity index (χ0) is 14.8. The van der Waals surface area contributed by atoms with Crippen molar-refractivity contribution >= 4 is 23.6 Å². The lowest BCUT2D eigenvalue weighted by Gasteiger charge is -2.07. The Morgan fingerprint density at radius 3 is 2.90 bits per heavy atom. The van der Waals surface area contributed by atoms with Gasteiger partial charge >= 0.3 is 0 Å². The standard InChI is InChI=1S/C13H13N5O2S/c1-8-14-17-13(18(8)2)21-7-11-15-16-12(19)9-5-3-4-6-10(9)20-11/h3-6H,7H2,1-2H3,(H,16,19). The molecule has 2 heterocycles. The van der Waals surface area contributed by atoms with Gasteiger partial charge in [0.25, 0.3) is 5.91 Å². The van der Waals surface area contributed by atoms with E-state index in [2.05, 4.69) is 20.7 Å². The molecule has 1 aliphatic rings. The summed E-state index contributed by atoms with van der Waals surface area (Å²) in [6.07, 6.45) is 0. The number of amides is 1. The number of hydrazone groups is 1. The molecule has 0 bridgehead atoms. The molecule has 21 heavy (non-hydrogen) atoms. The number of nitrogens with zero attached hydrogens (tertiary/aromatic N) is 4. The highest BCUT2D eigenvalue weighted by Crippen LogP contribution is 2.22. The minimum atomic E-state index is -0.278. The molecule has 7 nitrogen and oxygen atoms in total. The summed E-state index contributed by atoms with van der Waals surface area (Å²) < 4.78 is 7.57. The van der Waals surface area contributed by atoms with Crippen molar-refractivity contribution < 1.29 is 9.53 Å². The molecule has 2 aromatic rings. The molecule has 1 N–H and O–H groups in total. The average molecular weight is 303 g/mol. The topological polar surface area (TPSA) is 81.4 Å². The molecule has 8 heteroatoms. The molecule has 0 spiro atoms. The van der Waals surface area contributed by atoms with Crippen molar-refractivity contribution in [2.24, 2.45) is 12.1 Å². The van der Waals surface area contributed by atoms with Crippen LogP contribution in [-0.2, 0) is 7.05 Å². The molecule has 0 saturated carbocycles. The van der Waals surface area contributed by atoms with E-state index < -0.39 is 0 Å². The molecule has 1 aromatic carbocycles. The number of benzene rings is 1. The summed E-state index contributed by atoms with van der Waals surface area (Å²) >= 11 is 1.44. The lowest BCUT2D eigenvalue weighted by atomic mass is 10.2. The van der Waals surface area contributed by atoms with Gasteiger partial charge in [0.05, 0.1) is 11.3 Å². The largest absolute Gasteiger partial charge is 0.440 e. The van der Waals surface area contributed by atoms with Crippen molar-refractivity contribution in [3.8, 4) is 5.75 Å². The van der Waals surface area contributed by atoms with Gasteiger partial charge in [-0.25, -0.2) is 5.43 Å². The number of hydrogen-bond donors (Lipinski definition) is 1. The van der Waals surface area contributed by atoms with E-state index in [9.17, 15) is 4.79 Å². The van der Waals surface area contributed by atoms with Crippen LogP contribution in [0.4, 0.5) is 0 Å². The van der Waals surface area contributed by atoms with Gasteiger partial charge in [-0.3, -0.25) is 4.79 Å². The average Bonchev–Trinajstić information content (AvgIpc) is 2.72. The first-order valence-corrected chi connectivity index (χ1v) is 7.26. The minimum absolute atomic E-state index is 0.278. The first-order valence-electron chi connectivity index (χ1n) is 6.27. The number of carbonyl (C=O) groups is 1. The van der Waals surface area contributed by atoms with Crippen LogP contribution in [0.2, 0.25) is 0 Å². The molecule has 108 valence electrons. The first-order chi connectivity index (χ1) is 10.1. The van der Waals surface area contributed by atoms with E-state index in [1.54, 1.807) is 18.2 Å². The molecular weight excluding hydrogens is 290 g/mol. The van der Waals surface area contributed by atoms with Crippen LogP contribution in [0.3, 0.4) is 0 Å². The van der Waals surface area contributed by atoms with Crippen LogP contribution in [0.25, 0.3) is 0 Å². The maximum atomic E-state index is 11.9. The third-order valence-electron chi connectivity index (χ3n) is 3.02. The highest BCUT2D eigenvalue weighted by Gasteiger charge is 2.19. The monoisotopic (exact) mass is 303 g/mol. The van der Waals surface area contributed by atoms with Gasteiger partial charge in [-0.1, -0.05) is 23.9 Å². The summed E-state index contributed by atoms with van der Waals surface area (Å²) in [5.41, 5.74) is 2.94. The lowest BCUT2D eigenvalue weighted by Crippen LogP contribution is -2.18. The number of hydrogen-bond acceptors (Lipinski definition) is 6. The minimum Gasteiger partial charge on any atom is -0.440 e. The van der Waals surface area contributed by atoms with Crippen molar-refractivity contribution in [1.82, 2.24) is 20.2 Å². The Morgan fingerprint density at radius 2 is 2.14 bits per heavy atom. The van der Waals surface area contributed by atoms with Crippen molar-refractivity contribution in [2.75, 3.05) is 5.75 Å². The molecule has 0 radical (unpaired) electrons. The van der Waals surface area contributed by atoms with E-state index in [0.29, 0.717) is 23.0 Å². The van der Waals surface area contributed by atoms with Crippen molar-refractivity contribution in [2.45, 2.75) is 12.1 Å². The van der Waals surface area contributed by atoms with Gasteiger partial charge < -0.3 is 9.30 Å². The number of carbonyl (C=O) groups excluding carboxylic acids is 1. The number of thioether (sulfide) groups is 1. The zero-order valence-electron chi connectivity index (χ0n) is 11.5. The number of nitrogens with one attached hydrogen (secondary N) is 1. The van der Waals surface area contributed by atoms with Crippen molar-refractivity contribution in [3.05, 3.63) is 35.7 Å². The summed E-state index contributed by atoms with van der Waals surface area (Å²) in [6, 6.07) is 7.03. The fourth-order valence-electron chi connectivity index (χ4n) is 1.77. The second kappa shape index (κ2) is 5.57. The van der Waals surface area contributed by atoms with E-state index in [1.165, 1.54) is 11.8 Å². The quantitative estimate of drug-likeness (QED) is 0.866. The first kappa shape index (κ1) is 13.6. The summed E-state index contributed by atoms with van der Waals surface area (Å²) in [5, 5.41) is 12.8. The van der Waals surface area contributed by atoms with Crippen molar-refractivity contribution in [1.29, 1.82) is 0 Å². The second-order valence-corrected chi connectivity index (χ2v) is 5.36. The maximum Gasteiger partial charge on any atom is 0.275 e. The third kappa shape index (κ3) is 2.75. The number of aromatic nitrogens is 3. The number of ether oxygens (including phenoxy) is 1. The van der Waals surface area contributed by atoms with Gasteiger partial charge in [0.2, 0.25) is 5.90 Å². The Balaban J connectivity index is 1.75. The van der Waals surface area contributed by atoms with E-state index in [4.69, 9.17) is 4.74 Å². The second-order valence-electron chi connectivity index (χ2n) is 4.42. The van der Waals surface area contributed by atoms with Crippen LogP contribution in [0.5, 0.6) is 5.75 Å². The molecule has 1 aromatic heterocycles. The van der Waals surface area contributed by atoms with Crippen LogP contribution in [0, 0.1) is 6.92 Å². The molecule has 0 atom stereocenters. The molecule has 0 unspecified atom stereocenters. The molecule has 1 amide bonds. The summed E-state index contributed by atoms with van der Waals surface area (Å²) in [7, 11) is 1.89. The maximum absolute atomic E-state index is 11.9. The molecule has 3 rings (SSSR count). The van der Waals surface area contributed by atoms with Gasteiger partial charge in [-0.05, 0) is 19.1 Å². The number of rotatable bonds is 3.